The number of piperazine rings is 1. The van der Waals surface area contributed by atoms with Crippen molar-refractivity contribution in [2.24, 2.45) is 0 Å². The summed E-state index contributed by atoms with van der Waals surface area (Å²) < 4.78 is 5.48. The molecule has 0 saturated carbocycles. The molecule has 0 spiro atoms. The highest BCUT2D eigenvalue weighted by atomic mass is 32.2. The summed E-state index contributed by atoms with van der Waals surface area (Å²) in [5.74, 6) is -0.861. The number of hydrogen-bond acceptors (Lipinski definition) is 7. The van der Waals surface area contributed by atoms with E-state index in [-0.39, 0.29) is 28.3 Å². The second-order valence-electron chi connectivity index (χ2n) is 7.99. The Hall–Kier alpha value is -3.85. The Morgan fingerprint density at radius 2 is 1.65 bits per heavy atom. The summed E-state index contributed by atoms with van der Waals surface area (Å²) in [4.78, 5) is 55.8. The Morgan fingerprint density at radius 1 is 0.941 bits per heavy atom. The van der Waals surface area contributed by atoms with Gasteiger partial charge in [0.25, 0.3) is 11.1 Å². The van der Waals surface area contributed by atoms with Crippen molar-refractivity contribution in [3.63, 3.8) is 0 Å². The van der Waals surface area contributed by atoms with E-state index in [1.165, 1.54) is 12.3 Å². The molecule has 0 atom stereocenters. The molecule has 0 radical (unpaired) electrons. The average Bonchev–Trinajstić information content (AvgIpc) is 3.13. The van der Waals surface area contributed by atoms with Crippen molar-refractivity contribution >= 4 is 51.5 Å². The molecular weight excluding hydrogens is 454 g/mol. The first kappa shape index (κ1) is 22.0. The minimum Gasteiger partial charge on any atom is -0.463 e. The topological polar surface area (TPSA) is 91.1 Å². The minimum absolute atomic E-state index is 0.0919. The van der Waals surface area contributed by atoms with Gasteiger partial charge in [-0.1, -0.05) is 30.3 Å². The van der Waals surface area contributed by atoms with Crippen LogP contribution in [0.1, 0.15) is 5.56 Å². The standard InChI is InChI=1S/C25H21N3O5S/c29-22(27-12-10-26(11-13-27)18-6-2-1-3-7-18)15-28-24(31)21(34-25(28)32)14-17-16-33-20-9-5-4-8-19(20)23(17)30/h1-9,14,16H,10-13,15H2. The highest BCUT2D eigenvalue weighted by Crippen LogP contribution is 2.32. The number of fused-ring (bicyclic) bond motifs is 1. The quantitative estimate of drug-likeness (QED) is 0.535. The van der Waals surface area contributed by atoms with Crippen LogP contribution in [0.25, 0.3) is 17.0 Å². The molecule has 3 heterocycles. The van der Waals surface area contributed by atoms with Crippen LogP contribution in [0.3, 0.4) is 0 Å². The summed E-state index contributed by atoms with van der Waals surface area (Å²) in [5, 5.41) is -0.141. The maximum Gasteiger partial charge on any atom is 0.294 e. The molecule has 2 saturated heterocycles. The lowest BCUT2D eigenvalue weighted by Crippen LogP contribution is -2.51. The van der Waals surface area contributed by atoms with E-state index in [2.05, 4.69) is 4.90 Å². The number of nitrogens with zero attached hydrogens (tertiary/aromatic N) is 3. The summed E-state index contributed by atoms with van der Waals surface area (Å²) >= 11 is 0.716. The van der Waals surface area contributed by atoms with Crippen molar-refractivity contribution < 1.29 is 18.8 Å². The molecule has 0 aliphatic carbocycles. The molecule has 0 N–H and O–H groups in total. The zero-order chi connectivity index (χ0) is 23.7. The normalized spacial score (nSPS) is 17.8. The zero-order valence-electron chi connectivity index (χ0n) is 18.2. The molecule has 172 valence electrons. The number of amides is 3. The third-order valence-corrected chi connectivity index (χ3v) is 6.82. The van der Waals surface area contributed by atoms with Crippen molar-refractivity contribution in [1.82, 2.24) is 9.80 Å². The van der Waals surface area contributed by atoms with Crippen molar-refractivity contribution in [3.8, 4) is 0 Å². The van der Waals surface area contributed by atoms with E-state index in [9.17, 15) is 19.2 Å². The molecule has 1 aromatic heterocycles. The molecule has 8 nitrogen and oxygen atoms in total. The van der Waals surface area contributed by atoms with Gasteiger partial charge in [0.2, 0.25) is 5.91 Å². The summed E-state index contributed by atoms with van der Waals surface area (Å²) in [6.45, 7) is 2.06. The molecule has 2 fully saturated rings. The van der Waals surface area contributed by atoms with Gasteiger partial charge in [0.1, 0.15) is 18.4 Å². The molecule has 0 unspecified atom stereocenters. The fraction of sp³-hybridized carbons (Fsp3) is 0.200. The summed E-state index contributed by atoms with van der Waals surface area (Å²) in [6, 6.07) is 16.8. The molecule has 3 amide bonds. The maximum absolute atomic E-state index is 12.9. The Balaban J connectivity index is 1.26. The molecule has 34 heavy (non-hydrogen) atoms. The maximum atomic E-state index is 12.9. The van der Waals surface area contributed by atoms with Crippen molar-refractivity contribution in [1.29, 1.82) is 0 Å². The smallest absolute Gasteiger partial charge is 0.294 e. The van der Waals surface area contributed by atoms with E-state index < -0.39 is 11.1 Å². The Kier molecular flexibility index (Phi) is 5.93. The van der Waals surface area contributed by atoms with Crippen molar-refractivity contribution in [3.05, 3.63) is 81.6 Å². The van der Waals surface area contributed by atoms with Gasteiger partial charge < -0.3 is 14.2 Å². The number of anilines is 1. The summed E-state index contributed by atoms with van der Waals surface area (Å²) in [6.07, 6.45) is 2.63. The van der Waals surface area contributed by atoms with Gasteiger partial charge in [0.05, 0.1) is 15.9 Å². The molecular formula is C25H21N3O5S. The lowest BCUT2D eigenvalue weighted by molar-refractivity contribution is -0.136. The number of carbonyl (C=O) groups is 3. The molecule has 0 bridgehead atoms. The average molecular weight is 476 g/mol. The fourth-order valence-electron chi connectivity index (χ4n) is 4.06. The van der Waals surface area contributed by atoms with Crippen LogP contribution in [0.5, 0.6) is 0 Å². The van der Waals surface area contributed by atoms with Gasteiger partial charge >= 0.3 is 0 Å². The largest absolute Gasteiger partial charge is 0.463 e. The van der Waals surface area contributed by atoms with E-state index in [1.54, 1.807) is 29.2 Å². The van der Waals surface area contributed by atoms with Gasteiger partial charge in [0, 0.05) is 31.9 Å². The SMILES string of the molecule is O=C(CN1C(=O)SC(=Cc2coc3ccccc3c2=O)C1=O)N1CCN(c2ccccc2)CC1. The summed E-state index contributed by atoms with van der Waals surface area (Å²) in [5.41, 5.74) is 1.42. The first-order valence-electron chi connectivity index (χ1n) is 10.8. The Morgan fingerprint density at radius 3 is 2.41 bits per heavy atom. The highest BCUT2D eigenvalue weighted by Gasteiger charge is 2.37. The van der Waals surface area contributed by atoms with E-state index in [1.807, 2.05) is 30.3 Å². The second-order valence-corrected chi connectivity index (χ2v) is 8.98. The highest BCUT2D eigenvalue weighted by molar-refractivity contribution is 8.18. The molecule has 2 aromatic carbocycles. The number of thioether (sulfide) groups is 1. The van der Waals surface area contributed by atoms with Crippen LogP contribution in [0.2, 0.25) is 0 Å². The van der Waals surface area contributed by atoms with Gasteiger partial charge in [-0.3, -0.25) is 24.1 Å². The van der Waals surface area contributed by atoms with E-state index >= 15 is 0 Å². The van der Waals surface area contributed by atoms with Gasteiger partial charge in [0.15, 0.2) is 5.43 Å². The predicted octanol–water partition coefficient (Wildman–Crippen LogP) is 3.18. The van der Waals surface area contributed by atoms with Crippen LogP contribution in [0, 0.1) is 0 Å². The number of rotatable bonds is 4. The predicted molar refractivity (Wildman–Crippen MR) is 130 cm³/mol. The van der Waals surface area contributed by atoms with Crippen LogP contribution in [-0.4, -0.2) is 59.6 Å². The van der Waals surface area contributed by atoms with Crippen LogP contribution in [-0.2, 0) is 9.59 Å². The Labute approximate surface area is 199 Å². The zero-order valence-corrected chi connectivity index (χ0v) is 19.0. The van der Waals surface area contributed by atoms with Gasteiger partial charge in [-0.2, -0.15) is 0 Å². The van der Waals surface area contributed by atoms with Crippen LogP contribution < -0.4 is 10.3 Å². The number of para-hydroxylation sites is 2. The third-order valence-electron chi connectivity index (χ3n) is 5.91. The number of hydrogen-bond donors (Lipinski definition) is 0. The third kappa shape index (κ3) is 4.22. The lowest BCUT2D eigenvalue weighted by atomic mass is 10.1. The van der Waals surface area contributed by atoms with Gasteiger partial charge in [-0.05, 0) is 42.1 Å². The van der Waals surface area contributed by atoms with Crippen molar-refractivity contribution in [2.45, 2.75) is 0 Å². The second kappa shape index (κ2) is 9.18. The fourth-order valence-corrected chi connectivity index (χ4v) is 4.89. The molecule has 9 heteroatoms. The van der Waals surface area contributed by atoms with Crippen LogP contribution in [0.15, 0.2) is 75.0 Å². The minimum atomic E-state index is -0.584. The van der Waals surface area contributed by atoms with Gasteiger partial charge in [-0.15, -0.1) is 0 Å². The van der Waals surface area contributed by atoms with E-state index in [0.29, 0.717) is 48.9 Å². The molecule has 5 rings (SSSR count). The van der Waals surface area contributed by atoms with Gasteiger partial charge in [-0.25, -0.2) is 0 Å². The molecule has 2 aliphatic rings. The number of imide groups is 1. The first-order chi connectivity index (χ1) is 16.5. The number of benzene rings is 2. The molecule has 2 aliphatic heterocycles. The van der Waals surface area contributed by atoms with Crippen molar-refractivity contribution in [2.75, 3.05) is 37.6 Å². The van der Waals surface area contributed by atoms with Crippen LogP contribution >= 0.6 is 11.8 Å². The Bertz CT molecular complexity index is 1360. The van der Waals surface area contributed by atoms with E-state index in [0.717, 1.165) is 10.6 Å². The number of carbonyl (C=O) groups excluding carboxylic acids is 3. The lowest BCUT2D eigenvalue weighted by Gasteiger charge is -2.36. The summed E-state index contributed by atoms with van der Waals surface area (Å²) in [7, 11) is 0. The molecule has 3 aromatic rings. The van der Waals surface area contributed by atoms with Crippen LogP contribution in [0.4, 0.5) is 10.5 Å². The van der Waals surface area contributed by atoms with E-state index in [4.69, 9.17) is 4.42 Å². The monoisotopic (exact) mass is 475 g/mol. The first-order valence-corrected chi connectivity index (χ1v) is 11.7.